The lowest BCUT2D eigenvalue weighted by Crippen LogP contribution is -2.49. The van der Waals surface area contributed by atoms with Crippen molar-refractivity contribution in [1.82, 2.24) is 15.5 Å². The number of nitrogens with one attached hydrogen (secondary N) is 2. The van der Waals surface area contributed by atoms with Gasteiger partial charge in [-0.15, -0.1) is 0 Å². The molecule has 142 valence electrons. The number of hydrogen-bond acceptors (Lipinski definition) is 3. The highest BCUT2D eigenvalue weighted by Crippen LogP contribution is 2.32. The summed E-state index contributed by atoms with van der Waals surface area (Å²) in [5.74, 6) is 2.40. The number of piperidine rings is 1. The molecule has 1 fully saturated rings. The van der Waals surface area contributed by atoms with Gasteiger partial charge in [-0.1, -0.05) is 30.4 Å². The first-order chi connectivity index (χ1) is 12.7. The molecule has 0 spiro atoms. The van der Waals surface area contributed by atoms with Gasteiger partial charge in [-0.3, -0.25) is 9.89 Å². The number of guanidine groups is 1. The maximum absolute atomic E-state index is 5.76. The van der Waals surface area contributed by atoms with E-state index >= 15 is 0 Å². The fraction of sp³-hybridized carbons (Fsp3) is 0.571. The Hall–Kier alpha value is -2.01. The Kier molecular flexibility index (Phi) is 6.56. The first kappa shape index (κ1) is 18.8. The molecule has 2 heterocycles. The summed E-state index contributed by atoms with van der Waals surface area (Å²) in [4.78, 5) is 6.91. The second-order valence-corrected chi connectivity index (χ2v) is 7.48. The summed E-state index contributed by atoms with van der Waals surface area (Å²) >= 11 is 0. The van der Waals surface area contributed by atoms with Crippen molar-refractivity contribution in [2.24, 2.45) is 4.99 Å². The molecule has 5 nitrogen and oxygen atoms in total. The minimum absolute atomic E-state index is 0.468. The molecule has 0 bridgehead atoms. The summed E-state index contributed by atoms with van der Waals surface area (Å²) in [6.45, 7) is 11.0. The largest absolute Gasteiger partial charge is 0.493 e. The van der Waals surface area contributed by atoms with Crippen molar-refractivity contribution in [3.63, 3.8) is 0 Å². The molecule has 1 saturated heterocycles. The van der Waals surface area contributed by atoms with Gasteiger partial charge in [0, 0.05) is 45.2 Å². The molecule has 5 heteroatoms. The summed E-state index contributed by atoms with van der Waals surface area (Å²) in [6.07, 6.45) is 3.34. The third kappa shape index (κ3) is 5.01. The Morgan fingerprint density at radius 1 is 1.27 bits per heavy atom. The number of ether oxygens (including phenoxy) is 1. The summed E-state index contributed by atoms with van der Waals surface area (Å²) in [5, 5.41) is 7.13. The van der Waals surface area contributed by atoms with Gasteiger partial charge in [-0.2, -0.15) is 0 Å². The average Bonchev–Trinajstić information content (AvgIpc) is 2.66. The molecule has 2 N–H and O–H groups in total. The Balaban J connectivity index is 1.47. The molecule has 1 aromatic carbocycles. The van der Waals surface area contributed by atoms with Crippen LogP contribution in [0.2, 0.25) is 0 Å². The fourth-order valence-electron chi connectivity index (χ4n) is 3.85. The van der Waals surface area contributed by atoms with E-state index in [-0.39, 0.29) is 0 Å². The highest BCUT2D eigenvalue weighted by Gasteiger charge is 2.23. The smallest absolute Gasteiger partial charge is 0.191 e. The summed E-state index contributed by atoms with van der Waals surface area (Å²) in [6, 6.07) is 8.85. The average molecular weight is 357 g/mol. The van der Waals surface area contributed by atoms with E-state index in [1.807, 2.05) is 13.1 Å². The number of benzene rings is 1. The van der Waals surface area contributed by atoms with Crippen LogP contribution in [0.25, 0.3) is 0 Å². The molecular formula is C21H32N4O. The molecule has 1 atom stereocenters. The second kappa shape index (κ2) is 9.08. The molecule has 0 radical (unpaired) electrons. The van der Waals surface area contributed by atoms with E-state index in [4.69, 9.17) is 4.74 Å². The number of nitrogens with zero attached hydrogens (tertiary/aromatic N) is 2. The molecule has 26 heavy (non-hydrogen) atoms. The maximum Gasteiger partial charge on any atom is 0.191 e. The van der Waals surface area contributed by atoms with Crippen LogP contribution >= 0.6 is 0 Å². The standard InChI is InChI=1S/C21H32N4O/c1-16(2)15-25-11-8-18(9-12-25)24-21(22-3)23-14-17-10-13-26-20-7-5-4-6-19(17)20/h4-7,17-18H,1,8-15H2,2-3H3,(H2,22,23,24). The van der Waals surface area contributed by atoms with Gasteiger partial charge in [0.25, 0.3) is 0 Å². The third-order valence-electron chi connectivity index (χ3n) is 5.24. The normalized spacial score (nSPS) is 21.6. The van der Waals surface area contributed by atoms with Crippen LogP contribution in [0, 0.1) is 0 Å². The van der Waals surface area contributed by atoms with Crippen LogP contribution in [0.1, 0.15) is 37.7 Å². The zero-order valence-electron chi connectivity index (χ0n) is 16.1. The predicted molar refractivity (Wildman–Crippen MR) is 108 cm³/mol. The van der Waals surface area contributed by atoms with Gasteiger partial charge >= 0.3 is 0 Å². The van der Waals surface area contributed by atoms with Crippen molar-refractivity contribution < 1.29 is 4.74 Å². The summed E-state index contributed by atoms with van der Waals surface area (Å²) in [5.41, 5.74) is 2.54. The fourth-order valence-corrected chi connectivity index (χ4v) is 3.85. The van der Waals surface area contributed by atoms with Crippen molar-refractivity contribution in [3.8, 4) is 5.75 Å². The van der Waals surface area contributed by atoms with Gasteiger partial charge in [0.15, 0.2) is 5.96 Å². The lowest BCUT2D eigenvalue weighted by molar-refractivity contribution is 0.221. The summed E-state index contributed by atoms with van der Waals surface area (Å²) in [7, 11) is 1.85. The zero-order chi connectivity index (χ0) is 18.4. The molecule has 2 aliphatic heterocycles. The molecule has 3 rings (SSSR count). The van der Waals surface area contributed by atoms with Crippen LogP contribution in [0.15, 0.2) is 41.4 Å². The van der Waals surface area contributed by atoms with Crippen molar-refractivity contribution in [2.75, 3.05) is 39.8 Å². The van der Waals surface area contributed by atoms with Crippen LogP contribution in [0.4, 0.5) is 0 Å². The highest BCUT2D eigenvalue weighted by molar-refractivity contribution is 5.80. The molecule has 0 amide bonds. The summed E-state index contributed by atoms with van der Waals surface area (Å²) < 4.78 is 5.76. The van der Waals surface area contributed by atoms with Gasteiger partial charge in [0.05, 0.1) is 6.61 Å². The van der Waals surface area contributed by atoms with Crippen LogP contribution in [-0.4, -0.2) is 56.7 Å². The van der Waals surface area contributed by atoms with Gasteiger partial charge < -0.3 is 15.4 Å². The zero-order valence-corrected chi connectivity index (χ0v) is 16.1. The molecule has 0 saturated carbocycles. The van der Waals surface area contributed by atoms with E-state index in [2.05, 4.69) is 52.2 Å². The highest BCUT2D eigenvalue weighted by atomic mass is 16.5. The quantitative estimate of drug-likeness (QED) is 0.484. The Labute approximate surface area is 157 Å². The van der Waals surface area contributed by atoms with Crippen LogP contribution < -0.4 is 15.4 Å². The number of aliphatic imine (C=N–C) groups is 1. The lowest BCUT2D eigenvalue weighted by Gasteiger charge is -2.33. The minimum Gasteiger partial charge on any atom is -0.493 e. The first-order valence-electron chi connectivity index (χ1n) is 9.71. The molecule has 1 aromatic rings. The van der Waals surface area contributed by atoms with Crippen molar-refractivity contribution >= 4 is 5.96 Å². The molecule has 0 aromatic heterocycles. The van der Waals surface area contributed by atoms with Crippen LogP contribution in [-0.2, 0) is 0 Å². The van der Waals surface area contributed by atoms with Gasteiger partial charge in [0.1, 0.15) is 5.75 Å². The monoisotopic (exact) mass is 356 g/mol. The van der Waals surface area contributed by atoms with E-state index < -0.39 is 0 Å². The molecule has 0 aliphatic carbocycles. The Morgan fingerprint density at radius 3 is 2.77 bits per heavy atom. The number of para-hydroxylation sites is 1. The van der Waals surface area contributed by atoms with Gasteiger partial charge in [-0.25, -0.2) is 0 Å². The predicted octanol–water partition coefficient (Wildman–Crippen LogP) is 2.76. The minimum atomic E-state index is 0.468. The Morgan fingerprint density at radius 2 is 2.04 bits per heavy atom. The number of likely N-dealkylation sites (tertiary alicyclic amines) is 1. The Bertz CT molecular complexity index is 635. The SMILES string of the molecule is C=C(C)CN1CCC(NC(=NC)NCC2CCOc3ccccc32)CC1. The number of fused-ring (bicyclic) bond motifs is 1. The maximum atomic E-state index is 5.76. The second-order valence-electron chi connectivity index (χ2n) is 7.48. The van der Waals surface area contributed by atoms with Crippen molar-refractivity contribution in [2.45, 2.75) is 38.1 Å². The van der Waals surface area contributed by atoms with E-state index in [0.717, 1.165) is 63.8 Å². The number of rotatable bonds is 5. The van der Waals surface area contributed by atoms with Gasteiger partial charge in [0.2, 0.25) is 0 Å². The molecular weight excluding hydrogens is 324 g/mol. The van der Waals surface area contributed by atoms with E-state index in [0.29, 0.717) is 12.0 Å². The van der Waals surface area contributed by atoms with E-state index in [1.165, 1.54) is 11.1 Å². The van der Waals surface area contributed by atoms with Gasteiger partial charge in [-0.05, 0) is 37.8 Å². The van der Waals surface area contributed by atoms with Crippen LogP contribution in [0.3, 0.4) is 0 Å². The lowest BCUT2D eigenvalue weighted by atomic mass is 9.93. The van der Waals surface area contributed by atoms with Crippen molar-refractivity contribution in [3.05, 3.63) is 42.0 Å². The topological polar surface area (TPSA) is 48.9 Å². The number of hydrogen-bond donors (Lipinski definition) is 2. The first-order valence-corrected chi connectivity index (χ1v) is 9.71. The van der Waals surface area contributed by atoms with E-state index in [9.17, 15) is 0 Å². The van der Waals surface area contributed by atoms with E-state index in [1.54, 1.807) is 0 Å². The molecule has 2 aliphatic rings. The molecule has 1 unspecified atom stereocenters. The third-order valence-corrected chi connectivity index (χ3v) is 5.24. The van der Waals surface area contributed by atoms with Crippen molar-refractivity contribution in [1.29, 1.82) is 0 Å². The van der Waals surface area contributed by atoms with Crippen LogP contribution in [0.5, 0.6) is 5.75 Å².